The van der Waals surface area contributed by atoms with Crippen molar-refractivity contribution in [1.82, 2.24) is 5.32 Å². The van der Waals surface area contributed by atoms with E-state index in [1.165, 1.54) is 11.6 Å². The summed E-state index contributed by atoms with van der Waals surface area (Å²) >= 11 is 0. The fraction of sp³-hybridized carbons (Fsp3) is 0.182. The summed E-state index contributed by atoms with van der Waals surface area (Å²) in [7, 11) is 0. The zero-order chi connectivity index (χ0) is 17.3. The van der Waals surface area contributed by atoms with Crippen molar-refractivity contribution in [1.29, 1.82) is 0 Å². The van der Waals surface area contributed by atoms with Crippen molar-refractivity contribution in [2.45, 2.75) is 6.42 Å². The number of nitrogens with one attached hydrogen (secondary N) is 1. The van der Waals surface area contributed by atoms with Crippen LogP contribution >= 0.6 is 0 Å². The molecule has 0 saturated heterocycles. The van der Waals surface area contributed by atoms with Gasteiger partial charge in [-0.1, -0.05) is 54.6 Å². The van der Waals surface area contributed by atoms with Gasteiger partial charge in [-0.2, -0.15) is 0 Å². The molecule has 0 aliphatic rings. The van der Waals surface area contributed by atoms with Gasteiger partial charge in [0.25, 0.3) is 0 Å². The smallest absolute Gasteiger partial charge is 0.123 e. The summed E-state index contributed by atoms with van der Waals surface area (Å²) in [4.78, 5) is 0. The maximum absolute atomic E-state index is 13.1. The minimum Gasteiger partial charge on any atom is -0.492 e. The zero-order valence-electron chi connectivity index (χ0n) is 14.1. The second-order valence-electron chi connectivity index (χ2n) is 5.87. The van der Waals surface area contributed by atoms with Gasteiger partial charge in [-0.15, -0.1) is 0 Å². The van der Waals surface area contributed by atoms with Gasteiger partial charge in [0.15, 0.2) is 0 Å². The molecule has 0 aliphatic carbocycles. The Morgan fingerprint density at radius 1 is 0.760 bits per heavy atom. The predicted octanol–water partition coefficient (Wildman–Crippen LogP) is 4.70. The van der Waals surface area contributed by atoms with Crippen LogP contribution in [0.25, 0.3) is 11.1 Å². The molecule has 0 radical (unpaired) electrons. The van der Waals surface area contributed by atoms with E-state index in [9.17, 15) is 4.39 Å². The maximum Gasteiger partial charge on any atom is 0.123 e. The second kappa shape index (κ2) is 9.00. The molecule has 128 valence electrons. The second-order valence-corrected chi connectivity index (χ2v) is 5.87. The number of ether oxygens (including phenoxy) is 1. The van der Waals surface area contributed by atoms with E-state index in [4.69, 9.17) is 4.74 Å². The summed E-state index contributed by atoms with van der Waals surface area (Å²) in [6.07, 6.45) is 0.807. The third-order valence-electron chi connectivity index (χ3n) is 3.97. The molecule has 0 aliphatic heterocycles. The van der Waals surface area contributed by atoms with Crippen molar-refractivity contribution in [3.05, 3.63) is 90.2 Å². The molecule has 0 atom stereocenters. The largest absolute Gasteiger partial charge is 0.492 e. The molecule has 25 heavy (non-hydrogen) atoms. The van der Waals surface area contributed by atoms with Crippen molar-refractivity contribution in [2.24, 2.45) is 0 Å². The highest BCUT2D eigenvalue weighted by Gasteiger charge is 2.00. The molecular weight excluding hydrogens is 313 g/mol. The van der Waals surface area contributed by atoms with Crippen LogP contribution in [0.15, 0.2) is 78.9 Å². The monoisotopic (exact) mass is 335 g/mol. The summed E-state index contributed by atoms with van der Waals surface area (Å²) in [5.74, 6) is 0.687. The molecule has 0 saturated carbocycles. The van der Waals surface area contributed by atoms with Crippen molar-refractivity contribution in [2.75, 3.05) is 19.7 Å². The van der Waals surface area contributed by atoms with Crippen LogP contribution in [-0.4, -0.2) is 19.7 Å². The Balaban J connectivity index is 1.41. The van der Waals surface area contributed by atoms with Gasteiger partial charge in [-0.3, -0.25) is 0 Å². The van der Waals surface area contributed by atoms with E-state index < -0.39 is 0 Å². The van der Waals surface area contributed by atoms with Crippen molar-refractivity contribution < 1.29 is 9.13 Å². The lowest BCUT2D eigenvalue weighted by Gasteiger charge is -2.09. The standard InChI is InChI=1S/C22H22FNO/c23-21-10-4-6-18(16-21)12-13-24-14-15-25-22-11-5-9-20(17-22)19-7-2-1-3-8-19/h1-11,16-17,24H,12-15H2. The van der Waals surface area contributed by atoms with Gasteiger partial charge >= 0.3 is 0 Å². The number of rotatable bonds is 8. The Bertz CT molecular complexity index is 789. The van der Waals surface area contributed by atoms with Crippen LogP contribution in [0.2, 0.25) is 0 Å². The highest BCUT2D eigenvalue weighted by molar-refractivity contribution is 5.64. The predicted molar refractivity (Wildman–Crippen MR) is 100 cm³/mol. The van der Waals surface area contributed by atoms with Crippen molar-refractivity contribution in [3.63, 3.8) is 0 Å². The van der Waals surface area contributed by atoms with Gasteiger partial charge in [0, 0.05) is 6.54 Å². The molecule has 3 aromatic rings. The molecule has 2 nitrogen and oxygen atoms in total. The minimum atomic E-state index is -0.181. The normalized spacial score (nSPS) is 10.6. The van der Waals surface area contributed by atoms with Gasteiger partial charge < -0.3 is 10.1 Å². The Hall–Kier alpha value is -2.65. The molecule has 0 spiro atoms. The molecule has 0 aromatic heterocycles. The zero-order valence-corrected chi connectivity index (χ0v) is 14.1. The highest BCUT2D eigenvalue weighted by Crippen LogP contribution is 2.23. The first-order valence-electron chi connectivity index (χ1n) is 8.55. The number of hydrogen-bond acceptors (Lipinski definition) is 2. The molecular formula is C22H22FNO. The van der Waals surface area contributed by atoms with Crippen LogP contribution in [0.3, 0.4) is 0 Å². The van der Waals surface area contributed by atoms with Crippen LogP contribution < -0.4 is 10.1 Å². The van der Waals surface area contributed by atoms with E-state index in [-0.39, 0.29) is 5.82 Å². The van der Waals surface area contributed by atoms with Crippen molar-refractivity contribution >= 4 is 0 Å². The van der Waals surface area contributed by atoms with E-state index >= 15 is 0 Å². The molecule has 0 unspecified atom stereocenters. The Kier molecular flexibility index (Phi) is 6.18. The summed E-state index contributed by atoms with van der Waals surface area (Å²) in [5.41, 5.74) is 3.34. The van der Waals surface area contributed by atoms with E-state index in [1.54, 1.807) is 12.1 Å². The first kappa shape index (κ1) is 17.2. The lowest BCUT2D eigenvalue weighted by molar-refractivity contribution is 0.314. The first-order valence-corrected chi connectivity index (χ1v) is 8.55. The van der Waals surface area contributed by atoms with E-state index in [2.05, 4.69) is 29.6 Å². The molecule has 3 rings (SSSR count). The lowest BCUT2D eigenvalue weighted by atomic mass is 10.1. The average Bonchev–Trinajstić information content (AvgIpc) is 2.66. The Morgan fingerprint density at radius 2 is 1.56 bits per heavy atom. The molecule has 0 fully saturated rings. The first-order chi connectivity index (χ1) is 12.3. The number of benzene rings is 3. The molecule has 0 amide bonds. The van der Waals surface area contributed by atoms with E-state index in [1.807, 2.05) is 36.4 Å². The Labute approximate surface area is 148 Å². The molecule has 3 heteroatoms. The molecule has 1 N–H and O–H groups in total. The van der Waals surface area contributed by atoms with Gasteiger partial charge in [0.1, 0.15) is 18.2 Å². The third kappa shape index (κ3) is 5.44. The van der Waals surface area contributed by atoms with Crippen LogP contribution in [0.1, 0.15) is 5.56 Å². The van der Waals surface area contributed by atoms with Gasteiger partial charge in [-0.05, 0) is 53.9 Å². The van der Waals surface area contributed by atoms with Gasteiger partial charge in [0.2, 0.25) is 0 Å². The summed E-state index contributed by atoms with van der Waals surface area (Å²) in [5, 5.41) is 3.32. The SMILES string of the molecule is Fc1cccc(CCNCCOc2cccc(-c3ccccc3)c2)c1. The Morgan fingerprint density at radius 3 is 2.40 bits per heavy atom. The molecule has 0 bridgehead atoms. The van der Waals surface area contributed by atoms with Crippen LogP contribution in [-0.2, 0) is 6.42 Å². The number of halogens is 1. The average molecular weight is 335 g/mol. The molecule has 0 heterocycles. The summed E-state index contributed by atoms with van der Waals surface area (Å²) < 4.78 is 18.9. The highest BCUT2D eigenvalue weighted by atomic mass is 19.1. The minimum absolute atomic E-state index is 0.181. The fourth-order valence-electron chi connectivity index (χ4n) is 2.69. The van der Waals surface area contributed by atoms with Crippen molar-refractivity contribution in [3.8, 4) is 16.9 Å². The van der Waals surface area contributed by atoms with Crippen LogP contribution in [0.5, 0.6) is 5.75 Å². The number of hydrogen-bond donors (Lipinski definition) is 1. The topological polar surface area (TPSA) is 21.3 Å². The van der Waals surface area contributed by atoms with Gasteiger partial charge in [-0.25, -0.2) is 4.39 Å². The third-order valence-corrected chi connectivity index (χ3v) is 3.97. The van der Waals surface area contributed by atoms with E-state index in [0.717, 1.165) is 36.4 Å². The van der Waals surface area contributed by atoms with E-state index in [0.29, 0.717) is 6.61 Å². The summed E-state index contributed by atoms with van der Waals surface area (Å²) in [6, 6.07) is 25.1. The molecule has 3 aromatic carbocycles. The lowest BCUT2D eigenvalue weighted by Crippen LogP contribution is -2.23. The van der Waals surface area contributed by atoms with Crippen LogP contribution in [0, 0.1) is 5.82 Å². The fourth-order valence-corrected chi connectivity index (χ4v) is 2.69. The maximum atomic E-state index is 13.1. The summed E-state index contributed by atoms with van der Waals surface area (Å²) in [6.45, 7) is 2.16. The quantitative estimate of drug-likeness (QED) is 0.602. The van der Waals surface area contributed by atoms with Gasteiger partial charge in [0.05, 0.1) is 0 Å². The van der Waals surface area contributed by atoms with Crippen LogP contribution in [0.4, 0.5) is 4.39 Å².